The monoisotopic (exact) mass is 257 g/mol. The summed E-state index contributed by atoms with van der Waals surface area (Å²) in [6.07, 6.45) is 5.21. The van der Waals surface area contributed by atoms with Crippen LogP contribution in [0.25, 0.3) is 0 Å². The number of hydrogen-bond acceptors (Lipinski definition) is 4. The number of benzene rings is 1. The Balaban J connectivity index is 2.39. The fourth-order valence-electron chi connectivity index (χ4n) is 2.14. The van der Waals surface area contributed by atoms with E-state index in [9.17, 15) is 0 Å². The molecule has 1 unspecified atom stereocenters. The van der Waals surface area contributed by atoms with Gasteiger partial charge in [-0.25, -0.2) is 0 Å². The van der Waals surface area contributed by atoms with Gasteiger partial charge in [0.1, 0.15) is 5.75 Å². The summed E-state index contributed by atoms with van der Waals surface area (Å²) in [5.41, 5.74) is 3.30. The lowest BCUT2D eigenvalue weighted by atomic mass is 9.98. The number of nitrogens with one attached hydrogen (secondary N) is 1. The Kier molecular flexibility index (Phi) is 4.47. The summed E-state index contributed by atoms with van der Waals surface area (Å²) in [5, 5.41) is 3.45. The van der Waals surface area contributed by atoms with Crippen molar-refractivity contribution in [1.29, 1.82) is 0 Å². The Bertz CT molecular complexity index is 528. The van der Waals surface area contributed by atoms with E-state index in [-0.39, 0.29) is 6.04 Å². The standard InChI is InChI=1S/C15H19N3O/c1-4-17-15(14-10-16-7-8-18-14)13-6-5-12(19-3)9-11(13)2/h5-10,15,17H,4H2,1-3H3. The van der Waals surface area contributed by atoms with Gasteiger partial charge in [0, 0.05) is 12.4 Å². The Labute approximate surface area is 113 Å². The first kappa shape index (κ1) is 13.5. The van der Waals surface area contributed by atoms with E-state index in [4.69, 9.17) is 4.74 Å². The lowest BCUT2D eigenvalue weighted by Crippen LogP contribution is -2.23. The number of hydrogen-bond donors (Lipinski definition) is 1. The van der Waals surface area contributed by atoms with Crippen LogP contribution in [-0.4, -0.2) is 23.6 Å². The summed E-state index contributed by atoms with van der Waals surface area (Å²) < 4.78 is 5.25. The van der Waals surface area contributed by atoms with Crippen molar-refractivity contribution in [1.82, 2.24) is 15.3 Å². The topological polar surface area (TPSA) is 47.0 Å². The largest absolute Gasteiger partial charge is 0.497 e. The predicted octanol–water partition coefficient (Wildman–Crippen LogP) is 2.49. The molecule has 19 heavy (non-hydrogen) atoms. The number of rotatable bonds is 5. The fraction of sp³-hybridized carbons (Fsp3) is 0.333. The van der Waals surface area contributed by atoms with E-state index >= 15 is 0 Å². The molecule has 0 fully saturated rings. The quantitative estimate of drug-likeness (QED) is 0.894. The third-order valence-electron chi connectivity index (χ3n) is 3.08. The van der Waals surface area contributed by atoms with Crippen molar-refractivity contribution in [2.45, 2.75) is 19.9 Å². The van der Waals surface area contributed by atoms with Gasteiger partial charge in [-0.1, -0.05) is 13.0 Å². The summed E-state index contributed by atoms with van der Waals surface area (Å²) in [4.78, 5) is 8.55. The smallest absolute Gasteiger partial charge is 0.119 e. The molecule has 0 radical (unpaired) electrons. The highest BCUT2D eigenvalue weighted by Crippen LogP contribution is 2.26. The Morgan fingerprint density at radius 1 is 1.32 bits per heavy atom. The lowest BCUT2D eigenvalue weighted by Gasteiger charge is -2.20. The molecule has 1 atom stereocenters. The highest BCUT2D eigenvalue weighted by molar-refractivity contribution is 5.39. The van der Waals surface area contributed by atoms with E-state index in [1.54, 1.807) is 25.7 Å². The minimum Gasteiger partial charge on any atom is -0.497 e. The Morgan fingerprint density at radius 3 is 2.74 bits per heavy atom. The van der Waals surface area contributed by atoms with Crippen LogP contribution in [-0.2, 0) is 0 Å². The highest BCUT2D eigenvalue weighted by Gasteiger charge is 2.16. The van der Waals surface area contributed by atoms with Gasteiger partial charge in [0.25, 0.3) is 0 Å². The van der Waals surface area contributed by atoms with E-state index in [1.165, 1.54) is 11.1 Å². The maximum atomic E-state index is 5.25. The molecule has 0 saturated heterocycles. The molecule has 1 heterocycles. The van der Waals surface area contributed by atoms with E-state index in [0.29, 0.717) is 0 Å². The van der Waals surface area contributed by atoms with Crippen molar-refractivity contribution in [3.05, 3.63) is 53.6 Å². The normalized spacial score (nSPS) is 12.2. The van der Waals surface area contributed by atoms with Crippen molar-refractivity contribution >= 4 is 0 Å². The van der Waals surface area contributed by atoms with Crippen LogP contribution in [0, 0.1) is 6.92 Å². The van der Waals surface area contributed by atoms with Crippen molar-refractivity contribution in [3.63, 3.8) is 0 Å². The van der Waals surface area contributed by atoms with Crippen LogP contribution in [0.15, 0.2) is 36.8 Å². The zero-order valence-corrected chi connectivity index (χ0v) is 11.6. The van der Waals surface area contributed by atoms with Crippen LogP contribution in [0.2, 0.25) is 0 Å². The van der Waals surface area contributed by atoms with Gasteiger partial charge in [-0.05, 0) is 36.7 Å². The Hall–Kier alpha value is -1.94. The minimum atomic E-state index is 0.0598. The van der Waals surface area contributed by atoms with Gasteiger partial charge in [0.05, 0.1) is 25.0 Å². The summed E-state index contributed by atoms with van der Waals surface area (Å²) in [5.74, 6) is 0.871. The molecule has 100 valence electrons. The van der Waals surface area contributed by atoms with Gasteiger partial charge in [0.2, 0.25) is 0 Å². The first-order valence-corrected chi connectivity index (χ1v) is 6.40. The van der Waals surface area contributed by atoms with Crippen LogP contribution in [0.4, 0.5) is 0 Å². The minimum absolute atomic E-state index is 0.0598. The van der Waals surface area contributed by atoms with Crippen LogP contribution in [0.5, 0.6) is 5.75 Å². The van der Waals surface area contributed by atoms with Gasteiger partial charge in [-0.2, -0.15) is 0 Å². The molecule has 2 rings (SSSR count). The van der Waals surface area contributed by atoms with Crippen LogP contribution in [0.3, 0.4) is 0 Å². The van der Waals surface area contributed by atoms with E-state index in [2.05, 4.69) is 35.2 Å². The first-order chi connectivity index (χ1) is 9.26. The van der Waals surface area contributed by atoms with Crippen LogP contribution < -0.4 is 10.1 Å². The van der Waals surface area contributed by atoms with Gasteiger partial charge in [0.15, 0.2) is 0 Å². The average Bonchev–Trinajstić information content (AvgIpc) is 2.46. The predicted molar refractivity (Wildman–Crippen MR) is 75.3 cm³/mol. The molecular formula is C15H19N3O. The molecule has 1 N–H and O–H groups in total. The summed E-state index contributed by atoms with van der Waals surface area (Å²) in [6, 6.07) is 6.15. The van der Waals surface area contributed by atoms with Crippen LogP contribution >= 0.6 is 0 Å². The number of ether oxygens (including phenoxy) is 1. The molecule has 2 aromatic rings. The second kappa shape index (κ2) is 6.29. The first-order valence-electron chi connectivity index (χ1n) is 6.40. The summed E-state index contributed by atoms with van der Waals surface area (Å²) in [6.45, 7) is 5.04. The molecule has 1 aromatic heterocycles. The second-order valence-corrected chi connectivity index (χ2v) is 4.34. The molecule has 0 aliphatic heterocycles. The molecule has 0 bridgehead atoms. The third kappa shape index (κ3) is 3.09. The number of methoxy groups -OCH3 is 1. The number of nitrogens with zero attached hydrogens (tertiary/aromatic N) is 2. The molecule has 0 spiro atoms. The van der Waals surface area contributed by atoms with Crippen molar-refractivity contribution < 1.29 is 4.74 Å². The summed E-state index contributed by atoms with van der Waals surface area (Å²) >= 11 is 0. The molecule has 0 aliphatic rings. The second-order valence-electron chi connectivity index (χ2n) is 4.34. The molecule has 0 amide bonds. The molecule has 4 heteroatoms. The van der Waals surface area contributed by atoms with Gasteiger partial charge in [-0.15, -0.1) is 0 Å². The van der Waals surface area contributed by atoms with E-state index in [1.807, 2.05) is 12.1 Å². The third-order valence-corrected chi connectivity index (χ3v) is 3.08. The zero-order chi connectivity index (χ0) is 13.7. The van der Waals surface area contributed by atoms with Gasteiger partial charge >= 0.3 is 0 Å². The summed E-state index contributed by atoms with van der Waals surface area (Å²) in [7, 11) is 1.68. The van der Waals surface area contributed by atoms with Crippen molar-refractivity contribution in [2.24, 2.45) is 0 Å². The Morgan fingerprint density at radius 2 is 2.16 bits per heavy atom. The van der Waals surface area contributed by atoms with Crippen molar-refractivity contribution in [2.75, 3.05) is 13.7 Å². The van der Waals surface area contributed by atoms with Crippen LogP contribution in [0.1, 0.15) is 29.8 Å². The number of aryl methyl sites for hydroxylation is 1. The average molecular weight is 257 g/mol. The lowest BCUT2D eigenvalue weighted by molar-refractivity contribution is 0.414. The molecule has 1 aromatic carbocycles. The SMILES string of the molecule is CCNC(c1cnccn1)c1ccc(OC)cc1C. The fourth-order valence-corrected chi connectivity index (χ4v) is 2.14. The van der Waals surface area contributed by atoms with Gasteiger partial charge < -0.3 is 10.1 Å². The maximum absolute atomic E-state index is 5.25. The zero-order valence-electron chi connectivity index (χ0n) is 11.6. The molecule has 0 aliphatic carbocycles. The maximum Gasteiger partial charge on any atom is 0.119 e. The molecule has 0 saturated carbocycles. The highest BCUT2D eigenvalue weighted by atomic mass is 16.5. The van der Waals surface area contributed by atoms with E-state index < -0.39 is 0 Å². The molecular weight excluding hydrogens is 238 g/mol. The molecule has 4 nitrogen and oxygen atoms in total. The van der Waals surface area contributed by atoms with Gasteiger partial charge in [-0.3, -0.25) is 9.97 Å². The van der Waals surface area contributed by atoms with Crippen molar-refractivity contribution in [3.8, 4) is 5.75 Å². The number of aromatic nitrogens is 2. The van der Waals surface area contributed by atoms with E-state index in [0.717, 1.165) is 18.0 Å².